The molecule has 1 aliphatic rings. The second-order valence-corrected chi connectivity index (χ2v) is 7.17. The summed E-state index contributed by atoms with van der Waals surface area (Å²) < 4.78 is 4.02. The summed E-state index contributed by atoms with van der Waals surface area (Å²) in [6, 6.07) is 10.5. The number of carbonyl (C=O) groups excluding carboxylic acids is 1. The molecule has 1 fully saturated rings. The summed E-state index contributed by atoms with van der Waals surface area (Å²) >= 11 is 1.46. The van der Waals surface area contributed by atoms with Gasteiger partial charge in [-0.15, -0.1) is 5.10 Å². The highest BCUT2D eigenvalue weighted by Crippen LogP contribution is 2.20. The van der Waals surface area contributed by atoms with Crippen LogP contribution in [0.5, 0.6) is 0 Å². The predicted molar refractivity (Wildman–Crippen MR) is 95.6 cm³/mol. The first-order chi connectivity index (χ1) is 11.7. The number of carbonyl (C=O) groups is 1. The number of nitrogens with zero attached hydrogens (tertiary/aromatic N) is 4. The van der Waals surface area contributed by atoms with Crippen molar-refractivity contribution in [1.82, 2.24) is 19.4 Å². The minimum atomic E-state index is 0.251. The molecule has 5 nitrogen and oxygen atoms in total. The Morgan fingerprint density at radius 2 is 2.04 bits per heavy atom. The Morgan fingerprint density at radius 3 is 2.71 bits per heavy atom. The van der Waals surface area contributed by atoms with Crippen LogP contribution in [0, 0.1) is 6.92 Å². The minimum Gasteiger partial charge on any atom is -0.334 e. The van der Waals surface area contributed by atoms with Crippen LogP contribution in [0.15, 0.2) is 30.3 Å². The Balaban J connectivity index is 1.72. The molecule has 2 heterocycles. The quantitative estimate of drug-likeness (QED) is 0.837. The molecule has 1 aromatic heterocycles. The fraction of sp³-hybridized carbons (Fsp3) is 0.500. The maximum Gasteiger partial charge on any atom is 0.224 e. The summed E-state index contributed by atoms with van der Waals surface area (Å²) in [6.07, 6.45) is 1.55. The Morgan fingerprint density at radius 1 is 1.25 bits per heavy atom. The van der Waals surface area contributed by atoms with E-state index in [4.69, 9.17) is 0 Å². The maximum atomic E-state index is 12.7. The Hall–Kier alpha value is -1.79. The third kappa shape index (κ3) is 3.99. The molecule has 3 rings (SSSR count). The number of amides is 1. The van der Waals surface area contributed by atoms with Crippen molar-refractivity contribution in [3.63, 3.8) is 0 Å². The zero-order valence-electron chi connectivity index (χ0n) is 14.3. The zero-order valence-corrected chi connectivity index (χ0v) is 15.1. The van der Waals surface area contributed by atoms with E-state index in [1.165, 1.54) is 22.0 Å². The van der Waals surface area contributed by atoms with E-state index >= 15 is 0 Å². The standard InChI is InChI=1S/C18H24N4OS/c1-3-16-12-21(13-17-14(2)19-20-24-17)10-9-18(23)22(16)11-15-7-5-4-6-8-15/h4-8,16H,3,9-13H2,1-2H3/t16-/m1/s1. The van der Waals surface area contributed by atoms with Gasteiger partial charge in [0.15, 0.2) is 0 Å². The van der Waals surface area contributed by atoms with Crippen LogP contribution in [0.2, 0.25) is 0 Å². The van der Waals surface area contributed by atoms with Crippen LogP contribution in [0.3, 0.4) is 0 Å². The average molecular weight is 344 g/mol. The molecule has 0 N–H and O–H groups in total. The molecule has 1 saturated heterocycles. The van der Waals surface area contributed by atoms with Crippen molar-refractivity contribution in [3.8, 4) is 0 Å². The number of rotatable bonds is 5. The van der Waals surface area contributed by atoms with Gasteiger partial charge in [0.25, 0.3) is 0 Å². The molecule has 0 bridgehead atoms. The summed E-state index contributed by atoms with van der Waals surface area (Å²) in [5.41, 5.74) is 2.20. The monoisotopic (exact) mass is 344 g/mol. The SMILES string of the molecule is CC[C@@H]1CN(Cc2snnc2C)CCC(=O)N1Cc1ccccc1. The van der Waals surface area contributed by atoms with E-state index in [0.717, 1.165) is 31.7 Å². The normalized spacial score (nSPS) is 19.5. The summed E-state index contributed by atoms with van der Waals surface area (Å²) in [7, 11) is 0. The first-order valence-electron chi connectivity index (χ1n) is 8.51. The first-order valence-corrected chi connectivity index (χ1v) is 9.28. The van der Waals surface area contributed by atoms with Crippen molar-refractivity contribution in [3.05, 3.63) is 46.5 Å². The van der Waals surface area contributed by atoms with E-state index in [1.807, 2.05) is 25.1 Å². The minimum absolute atomic E-state index is 0.251. The molecule has 1 aliphatic heterocycles. The third-order valence-corrected chi connectivity index (χ3v) is 5.46. The van der Waals surface area contributed by atoms with Gasteiger partial charge in [-0.1, -0.05) is 41.7 Å². The van der Waals surface area contributed by atoms with Crippen molar-refractivity contribution in [1.29, 1.82) is 0 Å². The molecule has 6 heteroatoms. The lowest BCUT2D eigenvalue weighted by atomic mass is 10.1. The molecule has 1 amide bonds. The van der Waals surface area contributed by atoms with Crippen LogP contribution in [0.25, 0.3) is 0 Å². The largest absolute Gasteiger partial charge is 0.334 e. The molecule has 0 aliphatic carbocycles. The topological polar surface area (TPSA) is 49.3 Å². The molecule has 1 aromatic carbocycles. The summed E-state index contributed by atoms with van der Waals surface area (Å²) in [5, 5.41) is 4.09. The fourth-order valence-electron chi connectivity index (χ4n) is 3.18. The molecule has 0 spiro atoms. The van der Waals surface area contributed by atoms with Gasteiger partial charge >= 0.3 is 0 Å². The number of hydrogen-bond donors (Lipinski definition) is 0. The van der Waals surface area contributed by atoms with Crippen LogP contribution < -0.4 is 0 Å². The van der Waals surface area contributed by atoms with Crippen molar-refractivity contribution in [2.75, 3.05) is 13.1 Å². The second-order valence-electron chi connectivity index (χ2n) is 6.34. The van der Waals surface area contributed by atoms with Crippen LogP contribution in [-0.4, -0.2) is 44.4 Å². The molecule has 0 saturated carbocycles. The molecular weight excluding hydrogens is 320 g/mol. The van der Waals surface area contributed by atoms with E-state index in [2.05, 4.69) is 38.4 Å². The van der Waals surface area contributed by atoms with Gasteiger partial charge in [0.2, 0.25) is 5.91 Å². The van der Waals surface area contributed by atoms with E-state index in [0.29, 0.717) is 13.0 Å². The number of aromatic nitrogens is 2. The van der Waals surface area contributed by atoms with Crippen LogP contribution >= 0.6 is 11.5 Å². The van der Waals surface area contributed by atoms with Gasteiger partial charge in [0, 0.05) is 38.6 Å². The lowest BCUT2D eigenvalue weighted by Crippen LogP contribution is -2.42. The van der Waals surface area contributed by atoms with E-state index in [-0.39, 0.29) is 11.9 Å². The molecule has 1 atom stereocenters. The molecule has 24 heavy (non-hydrogen) atoms. The van der Waals surface area contributed by atoms with Gasteiger partial charge in [0.1, 0.15) is 0 Å². The van der Waals surface area contributed by atoms with Crippen LogP contribution in [-0.2, 0) is 17.9 Å². The smallest absolute Gasteiger partial charge is 0.224 e. The molecular formula is C18H24N4OS. The number of aryl methyl sites for hydroxylation is 1. The van der Waals surface area contributed by atoms with Gasteiger partial charge < -0.3 is 4.90 Å². The van der Waals surface area contributed by atoms with Gasteiger partial charge in [0.05, 0.1) is 10.6 Å². The fourth-order valence-corrected chi connectivity index (χ4v) is 3.85. The summed E-state index contributed by atoms with van der Waals surface area (Å²) in [6.45, 7) is 7.42. The lowest BCUT2D eigenvalue weighted by molar-refractivity contribution is -0.133. The average Bonchev–Trinajstić information content (AvgIpc) is 2.94. The van der Waals surface area contributed by atoms with Gasteiger partial charge in [-0.2, -0.15) is 0 Å². The molecule has 2 aromatic rings. The van der Waals surface area contributed by atoms with E-state index < -0.39 is 0 Å². The predicted octanol–water partition coefficient (Wildman–Crippen LogP) is 2.86. The summed E-state index contributed by atoms with van der Waals surface area (Å²) in [5.74, 6) is 0.257. The van der Waals surface area contributed by atoms with E-state index in [9.17, 15) is 4.79 Å². The zero-order chi connectivity index (χ0) is 16.9. The third-order valence-electron chi connectivity index (χ3n) is 4.65. The second kappa shape index (κ2) is 7.85. The van der Waals surface area contributed by atoms with Gasteiger partial charge in [-0.25, -0.2) is 0 Å². The summed E-state index contributed by atoms with van der Waals surface area (Å²) in [4.78, 5) is 18.3. The highest BCUT2D eigenvalue weighted by atomic mass is 32.1. The highest BCUT2D eigenvalue weighted by molar-refractivity contribution is 7.05. The van der Waals surface area contributed by atoms with Crippen molar-refractivity contribution >= 4 is 17.4 Å². The molecule has 0 unspecified atom stereocenters. The Kier molecular flexibility index (Phi) is 5.58. The van der Waals surface area contributed by atoms with Gasteiger partial charge in [-0.3, -0.25) is 9.69 Å². The van der Waals surface area contributed by atoms with Crippen molar-refractivity contribution in [2.24, 2.45) is 0 Å². The van der Waals surface area contributed by atoms with E-state index in [1.54, 1.807) is 0 Å². The molecule has 128 valence electrons. The number of benzene rings is 1. The van der Waals surface area contributed by atoms with Crippen molar-refractivity contribution < 1.29 is 4.79 Å². The van der Waals surface area contributed by atoms with Crippen LogP contribution in [0.4, 0.5) is 0 Å². The van der Waals surface area contributed by atoms with Crippen LogP contribution in [0.1, 0.15) is 35.9 Å². The van der Waals surface area contributed by atoms with Gasteiger partial charge in [-0.05, 0) is 30.4 Å². The molecule has 0 radical (unpaired) electrons. The Bertz CT molecular complexity index is 673. The van der Waals surface area contributed by atoms with Crippen molar-refractivity contribution in [2.45, 2.75) is 45.8 Å². The first kappa shape index (κ1) is 17.0. The lowest BCUT2D eigenvalue weighted by Gasteiger charge is -2.31. The Labute approximate surface area is 147 Å². The maximum absolute atomic E-state index is 12.7. The number of hydrogen-bond acceptors (Lipinski definition) is 5. The highest BCUT2D eigenvalue weighted by Gasteiger charge is 2.29.